The van der Waals surface area contributed by atoms with Gasteiger partial charge in [-0.1, -0.05) is 0 Å². The van der Waals surface area contributed by atoms with Crippen LogP contribution in [0.3, 0.4) is 0 Å². The predicted molar refractivity (Wildman–Crippen MR) is 58.6 cm³/mol. The summed E-state index contributed by atoms with van der Waals surface area (Å²) in [5.41, 5.74) is 5.45. The van der Waals surface area contributed by atoms with Gasteiger partial charge >= 0.3 is 0 Å². The molecule has 16 heavy (non-hydrogen) atoms. The molecule has 2 heterocycles. The van der Waals surface area contributed by atoms with Crippen LogP contribution < -0.4 is 10.6 Å². The van der Waals surface area contributed by atoms with Crippen molar-refractivity contribution in [3.63, 3.8) is 0 Å². The number of ether oxygens (including phenoxy) is 1. The number of hydrogen-bond acceptors (Lipinski definition) is 5. The lowest BCUT2D eigenvalue weighted by Gasteiger charge is -2.32. The molecule has 0 aliphatic carbocycles. The summed E-state index contributed by atoms with van der Waals surface area (Å²) in [6.07, 6.45) is 3.12. The molecule has 88 valence electrons. The molecular formula is C10H15FN4O. The fraction of sp³-hybridized carbons (Fsp3) is 0.600. The molecule has 0 aromatic carbocycles. The van der Waals surface area contributed by atoms with Gasteiger partial charge in [-0.15, -0.1) is 0 Å². The van der Waals surface area contributed by atoms with Gasteiger partial charge in [0.25, 0.3) is 0 Å². The van der Waals surface area contributed by atoms with E-state index in [1.165, 1.54) is 0 Å². The van der Waals surface area contributed by atoms with E-state index in [0.29, 0.717) is 5.82 Å². The molecule has 1 aromatic rings. The summed E-state index contributed by atoms with van der Waals surface area (Å²) in [7, 11) is 1.70. The van der Waals surface area contributed by atoms with Gasteiger partial charge in [0, 0.05) is 20.2 Å². The van der Waals surface area contributed by atoms with Crippen LogP contribution >= 0.6 is 0 Å². The van der Waals surface area contributed by atoms with Gasteiger partial charge in [0.2, 0.25) is 5.95 Å². The molecule has 1 aliphatic rings. The Kier molecular flexibility index (Phi) is 3.19. The minimum Gasteiger partial charge on any atom is -0.381 e. The maximum Gasteiger partial charge on any atom is 0.222 e. The second kappa shape index (κ2) is 4.61. The molecule has 2 rings (SSSR count). The quantitative estimate of drug-likeness (QED) is 0.808. The lowest BCUT2D eigenvalue weighted by atomic mass is 10.1. The molecule has 1 saturated heterocycles. The van der Waals surface area contributed by atoms with E-state index in [-0.39, 0.29) is 12.1 Å². The highest BCUT2D eigenvalue weighted by Crippen LogP contribution is 2.21. The maximum absolute atomic E-state index is 13.5. The summed E-state index contributed by atoms with van der Waals surface area (Å²) < 4.78 is 18.7. The van der Waals surface area contributed by atoms with E-state index >= 15 is 0 Å². The van der Waals surface area contributed by atoms with E-state index < -0.39 is 5.82 Å². The molecule has 0 bridgehead atoms. The van der Waals surface area contributed by atoms with E-state index in [2.05, 4.69) is 9.97 Å². The average molecular weight is 226 g/mol. The fourth-order valence-electron chi connectivity index (χ4n) is 1.90. The lowest BCUT2D eigenvalue weighted by molar-refractivity contribution is 0.0816. The van der Waals surface area contributed by atoms with E-state index in [0.717, 1.165) is 32.1 Å². The molecule has 0 unspecified atom stereocenters. The summed E-state index contributed by atoms with van der Waals surface area (Å²) in [5, 5.41) is 0. The zero-order chi connectivity index (χ0) is 11.5. The summed E-state index contributed by atoms with van der Waals surface area (Å²) >= 11 is 0. The molecular weight excluding hydrogens is 211 g/mol. The number of halogens is 1. The van der Waals surface area contributed by atoms with Gasteiger partial charge in [0.1, 0.15) is 0 Å². The first-order chi connectivity index (χ1) is 7.70. The van der Waals surface area contributed by atoms with Crippen LogP contribution in [0.2, 0.25) is 0 Å². The van der Waals surface area contributed by atoms with Crippen molar-refractivity contribution >= 4 is 11.8 Å². The van der Waals surface area contributed by atoms with Gasteiger partial charge in [-0.3, -0.25) is 0 Å². The predicted octanol–water partition coefficient (Wildman–Crippen LogP) is 0.813. The standard InChI is InChI=1S/C10H15FN4O/c1-16-7-2-4-15(5-3-7)9-8(11)6-13-10(12)14-9/h6-7H,2-5H2,1H3,(H2,12,13,14). The minimum atomic E-state index is -0.426. The maximum atomic E-state index is 13.5. The van der Waals surface area contributed by atoms with Crippen molar-refractivity contribution in [1.29, 1.82) is 0 Å². The Bertz CT molecular complexity index is 366. The Morgan fingerprint density at radius 1 is 1.50 bits per heavy atom. The first-order valence-electron chi connectivity index (χ1n) is 5.26. The van der Waals surface area contributed by atoms with Gasteiger partial charge in [-0.05, 0) is 12.8 Å². The highest BCUT2D eigenvalue weighted by atomic mass is 19.1. The van der Waals surface area contributed by atoms with Gasteiger partial charge in [-0.2, -0.15) is 4.98 Å². The van der Waals surface area contributed by atoms with Crippen molar-refractivity contribution < 1.29 is 9.13 Å². The molecule has 1 fully saturated rings. The molecule has 0 radical (unpaired) electrons. The van der Waals surface area contributed by atoms with Crippen LogP contribution in [0.25, 0.3) is 0 Å². The molecule has 2 N–H and O–H groups in total. The smallest absolute Gasteiger partial charge is 0.222 e. The number of rotatable bonds is 2. The zero-order valence-electron chi connectivity index (χ0n) is 9.19. The molecule has 0 atom stereocenters. The molecule has 6 heteroatoms. The number of hydrogen-bond donors (Lipinski definition) is 1. The Labute approximate surface area is 93.4 Å². The van der Waals surface area contributed by atoms with Crippen LogP contribution in [-0.4, -0.2) is 36.3 Å². The van der Waals surface area contributed by atoms with Crippen molar-refractivity contribution in [3.8, 4) is 0 Å². The Hall–Kier alpha value is -1.43. The van der Waals surface area contributed by atoms with Crippen molar-refractivity contribution in [3.05, 3.63) is 12.0 Å². The van der Waals surface area contributed by atoms with Crippen LogP contribution in [0.15, 0.2) is 6.20 Å². The van der Waals surface area contributed by atoms with Crippen LogP contribution in [0.5, 0.6) is 0 Å². The number of nitrogens with zero attached hydrogens (tertiary/aromatic N) is 3. The van der Waals surface area contributed by atoms with E-state index in [9.17, 15) is 4.39 Å². The number of piperidine rings is 1. The summed E-state index contributed by atoms with van der Waals surface area (Å²) in [4.78, 5) is 9.41. The highest BCUT2D eigenvalue weighted by molar-refractivity contribution is 5.42. The number of nitrogens with two attached hydrogens (primary N) is 1. The third-order valence-corrected chi connectivity index (χ3v) is 2.82. The van der Waals surface area contributed by atoms with Crippen LogP contribution in [0, 0.1) is 5.82 Å². The van der Waals surface area contributed by atoms with Gasteiger partial charge in [0.15, 0.2) is 11.6 Å². The zero-order valence-corrected chi connectivity index (χ0v) is 9.19. The third-order valence-electron chi connectivity index (χ3n) is 2.82. The largest absolute Gasteiger partial charge is 0.381 e. The summed E-state index contributed by atoms with van der Waals surface area (Å²) in [6.45, 7) is 1.46. The highest BCUT2D eigenvalue weighted by Gasteiger charge is 2.22. The van der Waals surface area contributed by atoms with Gasteiger partial charge in [-0.25, -0.2) is 9.37 Å². The topological polar surface area (TPSA) is 64.3 Å². The second-order valence-electron chi connectivity index (χ2n) is 3.82. The van der Waals surface area contributed by atoms with Gasteiger partial charge < -0.3 is 15.4 Å². The number of anilines is 2. The van der Waals surface area contributed by atoms with Crippen LogP contribution in [0.1, 0.15) is 12.8 Å². The Balaban J connectivity index is 2.10. The second-order valence-corrected chi connectivity index (χ2v) is 3.82. The van der Waals surface area contributed by atoms with Crippen molar-refractivity contribution in [1.82, 2.24) is 9.97 Å². The first-order valence-corrected chi connectivity index (χ1v) is 5.26. The molecule has 5 nitrogen and oxygen atoms in total. The first kappa shape index (κ1) is 11.1. The third kappa shape index (κ3) is 2.21. The molecule has 0 spiro atoms. The van der Waals surface area contributed by atoms with Crippen LogP contribution in [0.4, 0.5) is 16.2 Å². The number of nitrogen functional groups attached to an aromatic ring is 1. The Morgan fingerprint density at radius 2 is 2.19 bits per heavy atom. The van der Waals surface area contributed by atoms with E-state index in [1.807, 2.05) is 4.90 Å². The monoisotopic (exact) mass is 226 g/mol. The van der Waals surface area contributed by atoms with Crippen molar-refractivity contribution in [2.45, 2.75) is 18.9 Å². The van der Waals surface area contributed by atoms with E-state index in [4.69, 9.17) is 10.5 Å². The van der Waals surface area contributed by atoms with Gasteiger partial charge in [0.05, 0.1) is 12.3 Å². The molecule has 1 aromatic heterocycles. The fourth-order valence-corrected chi connectivity index (χ4v) is 1.90. The molecule has 0 amide bonds. The number of aromatic nitrogens is 2. The molecule has 1 aliphatic heterocycles. The summed E-state index contributed by atoms with van der Waals surface area (Å²) in [6, 6.07) is 0. The molecule has 0 saturated carbocycles. The normalized spacial score (nSPS) is 17.8. The Morgan fingerprint density at radius 3 is 2.81 bits per heavy atom. The van der Waals surface area contributed by atoms with Crippen molar-refractivity contribution in [2.24, 2.45) is 0 Å². The van der Waals surface area contributed by atoms with Crippen molar-refractivity contribution in [2.75, 3.05) is 30.8 Å². The summed E-state index contributed by atoms with van der Waals surface area (Å²) in [5.74, 6) is -0.0302. The van der Waals surface area contributed by atoms with Crippen LogP contribution in [-0.2, 0) is 4.74 Å². The number of methoxy groups -OCH3 is 1. The lowest BCUT2D eigenvalue weighted by Crippen LogP contribution is -2.37. The minimum absolute atomic E-state index is 0.102. The SMILES string of the molecule is COC1CCN(c2nc(N)ncc2F)CC1. The average Bonchev–Trinajstić information content (AvgIpc) is 2.32. The van der Waals surface area contributed by atoms with E-state index in [1.54, 1.807) is 7.11 Å².